The smallest absolute Gasteiger partial charge is 0.00888 e. The molecule has 0 amide bonds. The Kier molecular flexibility index (Phi) is 7.75. The molecule has 2 nitrogen and oxygen atoms in total. The minimum atomic E-state index is 0. The maximum absolute atomic E-state index is 5.81. The minimum Gasteiger partial charge on any atom is -0.327 e. The fraction of sp³-hybridized carbons (Fsp3) is 1.00. The lowest BCUT2D eigenvalue weighted by molar-refractivity contribution is 0.197. The summed E-state index contributed by atoms with van der Waals surface area (Å²) in [6, 6.07) is 0.446. The molecule has 0 bridgehead atoms. The Morgan fingerprint density at radius 3 is 2.27 bits per heavy atom. The number of rotatable bonds is 0. The van der Waals surface area contributed by atoms with Gasteiger partial charge in [-0.05, 0) is 25.9 Å². The number of nitrogens with zero attached hydrogens (tertiary/aromatic N) is 1. The molecule has 0 spiro atoms. The van der Waals surface area contributed by atoms with Crippen LogP contribution in [0.3, 0.4) is 0 Å². The van der Waals surface area contributed by atoms with Crippen LogP contribution in [0.2, 0.25) is 0 Å². The van der Waals surface area contributed by atoms with Crippen molar-refractivity contribution in [3.05, 3.63) is 0 Å². The predicted molar refractivity (Wildman–Crippen MR) is 53.7 cm³/mol. The lowest BCUT2D eigenvalue weighted by atomic mass is 9.95. The average molecular weight is 201 g/mol. The molecule has 1 aliphatic heterocycles. The highest BCUT2D eigenvalue weighted by Gasteiger charge is 2.19. The molecule has 0 aromatic rings. The zero-order chi connectivity index (χ0) is 6.85. The van der Waals surface area contributed by atoms with Gasteiger partial charge in [0.15, 0.2) is 0 Å². The summed E-state index contributed by atoms with van der Waals surface area (Å²) in [7, 11) is 2.16. The van der Waals surface area contributed by atoms with Crippen LogP contribution in [0, 0.1) is 5.92 Å². The molecule has 1 heterocycles. The summed E-state index contributed by atoms with van der Waals surface area (Å²) in [4.78, 5) is 2.34. The van der Waals surface area contributed by atoms with Gasteiger partial charge in [-0.25, -0.2) is 0 Å². The second-order valence-corrected chi connectivity index (χ2v) is 3.19. The highest BCUT2D eigenvalue weighted by molar-refractivity contribution is 5.85. The maximum atomic E-state index is 5.81. The van der Waals surface area contributed by atoms with Gasteiger partial charge in [-0.2, -0.15) is 0 Å². The van der Waals surface area contributed by atoms with Crippen molar-refractivity contribution in [1.82, 2.24) is 4.90 Å². The fourth-order valence-corrected chi connectivity index (χ4v) is 1.37. The third-order valence-electron chi connectivity index (χ3n) is 2.17. The van der Waals surface area contributed by atoms with Crippen LogP contribution in [0.5, 0.6) is 0 Å². The number of hydrogen-bond acceptors (Lipinski definition) is 2. The first kappa shape index (κ1) is 14.0. The predicted octanol–water partition coefficient (Wildman–Crippen LogP) is 1.13. The van der Waals surface area contributed by atoms with Gasteiger partial charge in [-0.15, -0.1) is 24.8 Å². The first-order chi connectivity index (χ1) is 4.20. The van der Waals surface area contributed by atoms with Gasteiger partial charge in [0, 0.05) is 12.6 Å². The number of likely N-dealkylation sites (tertiary alicyclic amines) is 1. The lowest BCUT2D eigenvalue weighted by Crippen LogP contribution is -2.44. The highest BCUT2D eigenvalue weighted by Crippen LogP contribution is 2.12. The van der Waals surface area contributed by atoms with Crippen LogP contribution >= 0.6 is 24.8 Å². The standard InChI is InChI=1S/C7H16N2.2ClH/c1-6-5-9(2)4-3-7(6)8;;/h6-7H,3-5,8H2,1-2H3;2*1H/t6-,7+;;/m0../s1. The zero-order valence-electron chi connectivity index (χ0n) is 7.12. The van der Waals surface area contributed by atoms with Crippen LogP contribution in [0.1, 0.15) is 13.3 Å². The average Bonchev–Trinajstić information content (AvgIpc) is 1.80. The molecular weight excluding hydrogens is 183 g/mol. The largest absolute Gasteiger partial charge is 0.327 e. The third kappa shape index (κ3) is 4.16. The monoisotopic (exact) mass is 200 g/mol. The van der Waals surface area contributed by atoms with E-state index in [4.69, 9.17) is 5.73 Å². The van der Waals surface area contributed by atoms with E-state index >= 15 is 0 Å². The van der Waals surface area contributed by atoms with Gasteiger partial charge in [-0.3, -0.25) is 0 Å². The summed E-state index contributed by atoms with van der Waals surface area (Å²) in [5.41, 5.74) is 5.81. The normalized spacial score (nSPS) is 31.9. The number of nitrogens with two attached hydrogens (primary N) is 1. The van der Waals surface area contributed by atoms with Crippen molar-refractivity contribution in [3.8, 4) is 0 Å². The molecule has 4 heteroatoms. The van der Waals surface area contributed by atoms with Crippen LogP contribution < -0.4 is 5.73 Å². The Labute approximate surface area is 81.3 Å². The number of hydrogen-bond donors (Lipinski definition) is 1. The van der Waals surface area contributed by atoms with Gasteiger partial charge < -0.3 is 10.6 Å². The van der Waals surface area contributed by atoms with Crippen molar-refractivity contribution in [2.45, 2.75) is 19.4 Å². The van der Waals surface area contributed by atoms with Crippen LogP contribution in [0.25, 0.3) is 0 Å². The molecule has 1 aliphatic rings. The molecule has 0 aromatic carbocycles. The van der Waals surface area contributed by atoms with Crippen molar-refractivity contribution >= 4 is 24.8 Å². The Balaban J connectivity index is 0. The summed E-state index contributed by atoms with van der Waals surface area (Å²) < 4.78 is 0. The van der Waals surface area contributed by atoms with E-state index in [1.165, 1.54) is 13.1 Å². The topological polar surface area (TPSA) is 29.3 Å². The van der Waals surface area contributed by atoms with E-state index < -0.39 is 0 Å². The molecule has 11 heavy (non-hydrogen) atoms. The second-order valence-electron chi connectivity index (χ2n) is 3.19. The van der Waals surface area contributed by atoms with Crippen molar-refractivity contribution in [3.63, 3.8) is 0 Å². The molecule has 70 valence electrons. The highest BCUT2D eigenvalue weighted by atomic mass is 35.5. The number of halogens is 2. The number of piperidine rings is 1. The molecule has 0 radical (unpaired) electrons. The van der Waals surface area contributed by atoms with Gasteiger partial charge in [0.05, 0.1) is 0 Å². The van der Waals surface area contributed by atoms with E-state index in [1.54, 1.807) is 0 Å². The molecule has 0 aliphatic carbocycles. The first-order valence-electron chi connectivity index (χ1n) is 3.64. The summed E-state index contributed by atoms with van der Waals surface area (Å²) in [6.07, 6.45) is 1.16. The zero-order valence-corrected chi connectivity index (χ0v) is 8.75. The maximum Gasteiger partial charge on any atom is 0.00888 e. The second kappa shape index (κ2) is 6.06. The molecule has 2 N–H and O–H groups in total. The van der Waals surface area contributed by atoms with Crippen LogP contribution in [0.15, 0.2) is 0 Å². The van der Waals surface area contributed by atoms with Crippen LogP contribution in [0.4, 0.5) is 0 Å². The van der Waals surface area contributed by atoms with E-state index in [0.717, 1.165) is 6.42 Å². The van der Waals surface area contributed by atoms with Gasteiger partial charge in [0.2, 0.25) is 0 Å². The molecule has 0 unspecified atom stereocenters. The van der Waals surface area contributed by atoms with E-state index in [0.29, 0.717) is 12.0 Å². The van der Waals surface area contributed by atoms with E-state index in [1.807, 2.05) is 0 Å². The lowest BCUT2D eigenvalue weighted by Gasteiger charge is -2.32. The van der Waals surface area contributed by atoms with Crippen molar-refractivity contribution in [2.24, 2.45) is 11.7 Å². The molecule has 1 fully saturated rings. The Morgan fingerprint density at radius 2 is 1.91 bits per heavy atom. The minimum absolute atomic E-state index is 0. The Hall–Kier alpha value is 0.500. The molecule has 1 saturated heterocycles. The Bertz CT molecular complexity index is 100. The quantitative estimate of drug-likeness (QED) is 0.636. The van der Waals surface area contributed by atoms with Crippen molar-refractivity contribution in [2.75, 3.05) is 20.1 Å². The Morgan fingerprint density at radius 1 is 1.36 bits per heavy atom. The molecule has 0 aromatic heterocycles. The summed E-state index contributed by atoms with van der Waals surface area (Å²) in [5.74, 6) is 0.684. The van der Waals surface area contributed by atoms with E-state index in [9.17, 15) is 0 Å². The van der Waals surface area contributed by atoms with Crippen LogP contribution in [-0.4, -0.2) is 31.1 Å². The fourth-order valence-electron chi connectivity index (χ4n) is 1.37. The van der Waals surface area contributed by atoms with Crippen molar-refractivity contribution < 1.29 is 0 Å². The van der Waals surface area contributed by atoms with Gasteiger partial charge in [-0.1, -0.05) is 6.92 Å². The van der Waals surface area contributed by atoms with Crippen molar-refractivity contribution in [1.29, 1.82) is 0 Å². The first-order valence-corrected chi connectivity index (χ1v) is 3.64. The molecule has 2 atom stereocenters. The van der Waals surface area contributed by atoms with Crippen LogP contribution in [-0.2, 0) is 0 Å². The van der Waals surface area contributed by atoms with Gasteiger partial charge in [0.1, 0.15) is 0 Å². The SMILES string of the molecule is C[C@H]1CN(C)CC[C@H]1N.Cl.Cl. The van der Waals surface area contributed by atoms with E-state index in [-0.39, 0.29) is 24.8 Å². The van der Waals surface area contributed by atoms with E-state index in [2.05, 4.69) is 18.9 Å². The molecular formula is C7H18Cl2N2. The summed E-state index contributed by atoms with van der Waals surface area (Å²) in [5, 5.41) is 0. The molecule has 1 rings (SSSR count). The molecule has 0 saturated carbocycles. The summed E-state index contributed by atoms with van der Waals surface area (Å²) in [6.45, 7) is 4.56. The summed E-state index contributed by atoms with van der Waals surface area (Å²) >= 11 is 0. The van der Waals surface area contributed by atoms with Gasteiger partial charge >= 0.3 is 0 Å². The third-order valence-corrected chi connectivity index (χ3v) is 2.17. The van der Waals surface area contributed by atoms with Gasteiger partial charge in [0.25, 0.3) is 0 Å².